The fourth-order valence-corrected chi connectivity index (χ4v) is 2.63. The summed E-state index contributed by atoms with van der Waals surface area (Å²) in [7, 11) is 0. The van der Waals surface area contributed by atoms with Crippen molar-refractivity contribution < 1.29 is 0 Å². The van der Waals surface area contributed by atoms with E-state index in [2.05, 4.69) is 41.2 Å². The maximum atomic E-state index is 4.28. The van der Waals surface area contributed by atoms with E-state index in [1.54, 1.807) is 0 Å². The van der Waals surface area contributed by atoms with Crippen molar-refractivity contribution in [3.8, 4) is 0 Å². The highest BCUT2D eigenvalue weighted by Gasteiger charge is 2.12. The monoisotopic (exact) mass is 244 g/mol. The molecule has 2 aromatic rings. The van der Waals surface area contributed by atoms with Gasteiger partial charge in [-0.25, -0.2) is 4.68 Å². The van der Waals surface area contributed by atoms with Gasteiger partial charge < -0.3 is 4.90 Å². The number of nitrogens with zero attached hydrogens (tertiary/aromatic N) is 4. The number of hydrogen-bond acceptors (Lipinski definition) is 3. The summed E-state index contributed by atoms with van der Waals surface area (Å²) in [6, 6.07) is 4.33. The van der Waals surface area contributed by atoms with Crippen LogP contribution >= 0.6 is 0 Å². The van der Waals surface area contributed by atoms with Gasteiger partial charge in [-0.2, -0.15) is 0 Å². The molecular weight excluding hydrogens is 224 g/mol. The smallest absolute Gasteiger partial charge is 0.113 e. The molecule has 0 spiro atoms. The topological polar surface area (TPSA) is 34.0 Å². The predicted molar refractivity (Wildman–Crippen MR) is 72.7 cm³/mol. The highest BCUT2D eigenvalue weighted by molar-refractivity contribution is 5.76. The fraction of sp³-hybridized carbons (Fsp3) is 0.571. The van der Waals surface area contributed by atoms with E-state index in [0.29, 0.717) is 0 Å². The summed E-state index contributed by atoms with van der Waals surface area (Å²) in [6.07, 6.45) is 2.69. The van der Waals surface area contributed by atoms with Crippen LogP contribution in [-0.2, 0) is 6.54 Å². The molecule has 1 aromatic carbocycles. The Morgan fingerprint density at radius 3 is 2.56 bits per heavy atom. The lowest BCUT2D eigenvalue weighted by Crippen LogP contribution is -2.24. The summed E-state index contributed by atoms with van der Waals surface area (Å²) in [5.74, 6) is 0. The Hall–Kier alpha value is -1.42. The van der Waals surface area contributed by atoms with Crippen LogP contribution in [0.2, 0.25) is 0 Å². The van der Waals surface area contributed by atoms with Crippen molar-refractivity contribution in [1.82, 2.24) is 19.9 Å². The van der Waals surface area contributed by atoms with Crippen LogP contribution in [0.4, 0.5) is 0 Å². The molecule has 0 saturated carbocycles. The lowest BCUT2D eigenvalue weighted by molar-refractivity contribution is 0.316. The first-order chi connectivity index (χ1) is 8.74. The van der Waals surface area contributed by atoms with E-state index in [4.69, 9.17) is 0 Å². The van der Waals surface area contributed by atoms with Crippen LogP contribution in [0.25, 0.3) is 11.0 Å². The summed E-state index contributed by atoms with van der Waals surface area (Å²) in [5.41, 5.74) is 4.78. The SMILES string of the molecule is Cc1cc2nnn(CCN3CCCC3)c2cc1C. The molecule has 4 nitrogen and oxygen atoms in total. The lowest BCUT2D eigenvalue weighted by atomic mass is 10.1. The summed E-state index contributed by atoms with van der Waals surface area (Å²) in [6.45, 7) is 8.78. The minimum Gasteiger partial charge on any atom is -0.301 e. The lowest BCUT2D eigenvalue weighted by Gasteiger charge is -2.14. The van der Waals surface area contributed by atoms with Crippen LogP contribution in [0.1, 0.15) is 24.0 Å². The second-order valence-corrected chi connectivity index (χ2v) is 5.29. The molecule has 0 amide bonds. The maximum Gasteiger partial charge on any atom is 0.113 e. The third kappa shape index (κ3) is 2.12. The zero-order valence-corrected chi connectivity index (χ0v) is 11.2. The van der Waals surface area contributed by atoms with Crippen LogP contribution in [-0.4, -0.2) is 39.5 Å². The van der Waals surface area contributed by atoms with Gasteiger partial charge in [0.15, 0.2) is 0 Å². The molecule has 0 atom stereocenters. The Kier molecular flexibility index (Phi) is 3.04. The highest BCUT2D eigenvalue weighted by Crippen LogP contribution is 2.17. The van der Waals surface area contributed by atoms with Gasteiger partial charge in [-0.05, 0) is 63.0 Å². The van der Waals surface area contributed by atoms with Crippen LogP contribution in [0, 0.1) is 13.8 Å². The molecule has 1 aromatic heterocycles. The first kappa shape index (κ1) is 11.7. The average molecular weight is 244 g/mol. The number of rotatable bonds is 3. The normalized spacial score (nSPS) is 16.8. The third-order valence-corrected chi connectivity index (χ3v) is 3.96. The van der Waals surface area contributed by atoms with Crippen molar-refractivity contribution in [1.29, 1.82) is 0 Å². The van der Waals surface area contributed by atoms with Gasteiger partial charge in [0, 0.05) is 6.54 Å². The second-order valence-electron chi connectivity index (χ2n) is 5.29. The van der Waals surface area contributed by atoms with Crippen LogP contribution in [0.5, 0.6) is 0 Å². The molecule has 1 aliphatic heterocycles. The first-order valence-electron chi connectivity index (χ1n) is 6.77. The number of benzene rings is 1. The number of aromatic nitrogens is 3. The predicted octanol–water partition coefficient (Wildman–Crippen LogP) is 2.14. The number of aryl methyl sites for hydroxylation is 2. The Labute approximate surface area is 108 Å². The average Bonchev–Trinajstić information content (AvgIpc) is 2.97. The molecule has 96 valence electrons. The van der Waals surface area contributed by atoms with Gasteiger partial charge in [-0.1, -0.05) is 5.21 Å². The van der Waals surface area contributed by atoms with Gasteiger partial charge in [-0.3, -0.25) is 0 Å². The maximum absolute atomic E-state index is 4.28. The van der Waals surface area contributed by atoms with E-state index in [1.165, 1.54) is 37.1 Å². The highest BCUT2D eigenvalue weighted by atomic mass is 15.4. The molecule has 18 heavy (non-hydrogen) atoms. The summed E-state index contributed by atoms with van der Waals surface area (Å²) in [5, 5.41) is 8.54. The van der Waals surface area contributed by atoms with Crippen molar-refractivity contribution in [3.63, 3.8) is 0 Å². The Morgan fingerprint density at radius 1 is 1.06 bits per heavy atom. The Morgan fingerprint density at radius 2 is 1.78 bits per heavy atom. The molecule has 1 saturated heterocycles. The number of hydrogen-bond donors (Lipinski definition) is 0. The molecule has 2 heterocycles. The molecule has 0 unspecified atom stereocenters. The van der Waals surface area contributed by atoms with Crippen molar-refractivity contribution in [2.45, 2.75) is 33.2 Å². The minimum atomic E-state index is 0.943. The van der Waals surface area contributed by atoms with E-state index < -0.39 is 0 Å². The Bertz CT molecular complexity index is 552. The van der Waals surface area contributed by atoms with Gasteiger partial charge in [-0.15, -0.1) is 5.10 Å². The second kappa shape index (κ2) is 4.69. The molecule has 1 fully saturated rings. The summed E-state index contributed by atoms with van der Waals surface area (Å²) in [4.78, 5) is 2.51. The third-order valence-electron chi connectivity index (χ3n) is 3.96. The van der Waals surface area contributed by atoms with E-state index in [9.17, 15) is 0 Å². The molecule has 3 rings (SSSR count). The Balaban J connectivity index is 1.81. The van der Waals surface area contributed by atoms with Gasteiger partial charge in [0.05, 0.1) is 12.1 Å². The van der Waals surface area contributed by atoms with Gasteiger partial charge in [0.1, 0.15) is 5.52 Å². The van der Waals surface area contributed by atoms with E-state index >= 15 is 0 Å². The van der Waals surface area contributed by atoms with Crippen LogP contribution in [0.3, 0.4) is 0 Å². The van der Waals surface area contributed by atoms with Crippen molar-refractivity contribution in [3.05, 3.63) is 23.3 Å². The molecule has 0 N–H and O–H groups in total. The number of fused-ring (bicyclic) bond motifs is 1. The van der Waals surface area contributed by atoms with Gasteiger partial charge in [0.25, 0.3) is 0 Å². The van der Waals surface area contributed by atoms with Crippen LogP contribution in [0.15, 0.2) is 12.1 Å². The quantitative estimate of drug-likeness (QED) is 0.829. The molecule has 0 radical (unpaired) electrons. The first-order valence-corrected chi connectivity index (χ1v) is 6.77. The minimum absolute atomic E-state index is 0.943. The van der Waals surface area contributed by atoms with E-state index in [0.717, 1.165) is 24.1 Å². The van der Waals surface area contributed by atoms with Crippen molar-refractivity contribution in [2.24, 2.45) is 0 Å². The molecule has 0 aliphatic carbocycles. The van der Waals surface area contributed by atoms with E-state index in [1.807, 2.05) is 4.68 Å². The van der Waals surface area contributed by atoms with Crippen molar-refractivity contribution in [2.75, 3.05) is 19.6 Å². The summed E-state index contributed by atoms with van der Waals surface area (Å²) >= 11 is 0. The van der Waals surface area contributed by atoms with Crippen molar-refractivity contribution >= 4 is 11.0 Å². The number of likely N-dealkylation sites (tertiary alicyclic amines) is 1. The van der Waals surface area contributed by atoms with Gasteiger partial charge >= 0.3 is 0 Å². The molecule has 0 bridgehead atoms. The molecular formula is C14H20N4. The zero-order valence-electron chi connectivity index (χ0n) is 11.2. The molecule has 4 heteroatoms. The van der Waals surface area contributed by atoms with Crippen LogP contribution < -0.4 is 0 Å². The zero-order chi connectivity index (χ0) is 12.5. The largest absolute Gasteiger partial charge is 0.301 e. The summed E-state index contributed by atoms with van der Waals surface area (Å²) < 4.78 is 2.04. The van der Waals surface area contributed by atoms with E-state index in [-0.39, 0.29) is 0 Å². The standard InChI is InChI=1S/C14H20N4/c1-11-9-13-14(10-12(11)2)18(16-15-13)8-7-17-5-3-4-6-17/h9-10H,3-8H2,1-2H3. The fourth-order valence-electron chi connectivity index (χ4n) is 2.63. The van der Waals surface area contributed by atoms with Gasteiger partial charge in [0.2, 0.25) is 0 Å². The molecule has 1 aliphatic rings.